The number of rotatable bonds is 7. The highest BCUT2D eigenvalue weighted by molar-refractivity contribution is 5.65. The number of carboxylic acids is 1. The Morgan fingerprint density at radius 1 is 1.15 bits per heavy atom. The van der Waals surface area contributed by atoms with E-state index < -0.39 is 37.0 Å². The van der Waals surface area contributed by atoms with E-state index >= 15 is 0 Å². The number of aliphatic hydroxyl groups is 5. The van der Waals surface area contributed by atoms with E-state index in [-0.39, 0.29) is 12.8 Å². The average Bonchev–Trinajstić information content (AvgIpc) is 2.32. The van der Waals surface area contributed by atoms with Crippen LogP contribution >= 0.6 is 0 Å². The van der Waals surface area contributed by atoms with Crippen LogP contribution < -0.4 is 5.11 Å². The van der Waals surface area contributed by atoms with Crippen LogP contribution in [0.5, 0.6) is 0 Å². The van der Waals surface area contributed by atoms with Crippen molar-refractivity contribution in [3.8, 4) is 0 Å². The van der Waals surface area contributed by atoms with Crippen LogP contribution in [0.3, 0.4) is 0 Å². The number of carboxylic acid groups (broad SMARTS) is 1. The van der Waals surface area contributed by atoms with Crippen LogP contribution in [0.2, 0.25) is 0 Å². The molecule has 120 valence electrons. The topological polar surface area (TPSA) is 158 Å². The molecule has 0 radical (unpaired) electrons. The second-order valence-electron chi connectivity index (χ2n) is 5.18. The van der Waals surface area contributed by atoms with Gasteiger partial charge in [0.2, 0.25) is 0 Å². The standard InChI is InChI=1S/C6H12O6.C5H11NO2/c7-1-3(9)5(11)6(12)4(10)2-8;1-6(2,3)4-5(7)8/h1,3-6,8-12H,2H2;4H2,1-3H3. The molecule has 0 spiro atoms. The van der Waals surface area contributed by atoms with E-state index in [0.29, 0.717) is 4.48 Å². The van der Waals surface area contributed by atoms with Crippen LogP contribution in [-0.2, 0) is 9.59 Å². The van der Waals surface area contributed by atoms with Crippen molar-refractivity contribution in [1.82, 2.24) is 0 Å². The zero-order chi connectivity index (χ0) is 16.5. The third-order valence-electron chi connectivity index (χ3n) is 2.02. The van der Waals surface area contributed by atoms with Gasteiger partial charge in [-0.1, -0.05) is 0 Å². The minimum Gasteiger partial charge on any atom is -0.544 e. The molecule has 4 unspecified atom stereocenters. The van der Waals surface area contributed by atoms with Gasteiger partial charge in [0.25, 0.3) is 0 Å². The van der Waals surface area contributed by atoms with E-state index in [4.69, 9.17) is 25.5 Å². The molecule has 0 aromatic rings. The van der Waals surface area contributed by atoms with E-state index in [2.05, 4.69) is 0 Å². The Morgan fingerprint density at radius 2 is 1.60 bits per heavy atom. The van der Waals surface area contributed by atoms with Crippen molar-refractivity contribution in [2.75, 3.05) is 34.3 Å². The molecule has 0 aliphatic heterocycles. The molecule has 0 fully saturated rings. The summed E-state index contributed by atoms with van der Waals surface area (Å²) in [5, 5.41) is 53.4. The molecule has 0 aliphatic carbocycles. The summed E-state index contributed by atoms with van der Waals surface area (Å²) in [7, 11) is 5.40. The van der Waals surface area contributed by atoms with Gasteiger partial charge in [-0.25, -0.2) is 0 Å². The molecule has 0 amide bonds. The molecular weight excluding hydrogens is 274 g/mol. The number of hydrogen-bond acceptors (Lipinski definition) is 8. The first-order valence-electron chi connectivity index (χ1n) is 5.75. The lowest BCUT2D eigenvalue weighted by Crippen LogP contribution is -2.46. The summed E-state index contributed by atoms with van der Waals surface area (Å²) in [5.74, 6) is -1.00. The quantitative estimate of drug-likeness (QED) is 0.231. The number of nitrogens with zero attached hydrogens (tertiary/aromatic N) is 1. The van der Waals surface area contributed by atoms with Crippen molar-refractivity contribution in [2.24, 2.45) is 0 Å². The number of carbonyl (C=O) groups is 2. The van der Waals surface area contributed by atoms with Gasteiger partial charge in [-0.2, -0.15) is 0 Å². The highest BCUT2D eigenvalue weighted by Crippen LogP contribution is 2.02. The highest BCUT2D eigenvalue weighted by Gasteiger charge is 2.29. The first-order chi connectivity index (χ1) is 8.96. The number of aliphatic hydroxyl groups excluding tert-OH is 5. The van der Waals surface area contributed by atoms with Crippen molar-refractivity contribution in [1.29, 1.82) is 0 Å². The minimum atomic E-state index is -1.79. The Hall–Kier alpha value is -1.10. The first-order valence-corrected chi connectivity index (χ1v) is 5.75. The molecule has 9 heteroatoms. The van der Waals surface area contributed by atoms with E-state index in [9.17, 15) is 14.7 Å². The van der Waals surface area contributed by atoms with Crippen LogP contribution in [0.15, 0.2) is 0 Å². The molecule has 20 heavy (non-hydrogen) atoms. The van der Waals surface area contributed by atoms with E-state index in [1.807, 2.05) is 0 Å². The maximum absolute atomic E-state index is 9.90. The fraction of sp³-hybridized carbons (Fsp3) is 0.818. The van der Waals surface area contributed by atoms with Crippen molar-refractivity contribution in [2.45, 2.75) is 24.4 Å². The number of aliphatic carboxylic acids is 1. The molecule has 0 aliphatic rings. The van der Waals surface area contributed by atoms with Crippen LogP contribution in [0.4, 0.5) is 0 Å². The van der Waals surface area contributed by atoms with Gasteiger partial charge in [0.1, 0.15) is 31.0 Å². The summed E-state index contributed by atoms with van der Waals surface area (Å²) in [6, 6.07) is 0. The lowest BCUT2D eigenvalue weighted by Gasteiger charge is -2.23. The van der Waals surface area contributed by atoms with Crippen molar-refractivity contribution in [3.05, 3.63) is 0 Å². The molecular formula is C11H23NO8. The fourth-order valence-electron chi connectivity index (χ4n) is 1.01. The zero-order valence-corrected chi connectivity index (χ0v) is 11.7. The van der Waals surface area contributed by atoms with Crippen LogP contribution in [-0.4, -0.2) is 101 Å². The largest absolute Gasteiger partial charge is 0.544 e. The van der Waals surface area contributed by atoms with Gasteiger partial charge in [0.05, 0.1) is 33.7 Å². The SMILES string of the molecule is C[N+](C)(C)CC(=O)[O-].O=CC(O)C(O)C(O)C(O)CO. The maximum Gasteiger partial charge on any atom is 0.151 e. The molecule has 5 N–H and O–H groups in total. The third kappa shape index (κ3) is 10.8. The summed E-state index contributed by atoms with van der Waals surface area (Å²) in [6.07, 6.45) is -6.84. The zero-order valence-electron chi connectivity index (χ0n) is 11.7. The number of hydrogen-bond donors (Lipinski definition) is 5. The Labute approximate surface area is 116 Å². The molecule has 0 heterocycles. The van der Waals surface area contributed by atoms with E-state index in [1.165, 1.54) is 0 Å². The summed E-state index contributed by atoms with van der Waals surface area (Å²) >= 11 is 0. The predicted octanol–water partition coefficient (Wildman–Crippen LogP) is -4.94. The predicted molar refractivity (Wildman–Crippen MR) is 65.1 cm³/mol. The molecule has 0 rings (SSSR count). The van der Waals surface area contributed by atoms with Gasteiger partial charge in [-0.3, -0.25) is 0 Å². The Kier molecular flexibility index (Phi) is 10.3. The van der Waals surface area contributed by atoms with E-state index in [0.717, 1.165) is 0 Å². The molecule has 0 aromatic carbocycles. The second-order valence-corrected chi connectivity index (χ2v) is 5.18. The normalized spacial score (nSPS) is 17.2. The van der Waals surface area contributed by atoms with Crippen molar-refractivity contribution < 1.29 is 44.7 Å². The van der Waals surface area contributed by atoms with Gasteiger partial charge >= 0.3 is 0 Å². The molecule has 0 saturated carbocycles. The Bertz CT molecular complexity index is 291. The number of likely N-dealkylation sites (N-methyl/N-ethyl adjacent to an activating group) is 1. The lowest BCUT2D eigenvalue weighted by atomic mass is 10.0. The highest BCUT2D eigenvalue weighted by atomic mass is 16.4. The van der Waals surface area contributed by atoms with Gasteiger partial charge in [-0.15, -0.1) is 0 Å². The molecule has 0 aromatic heterocycles. The summed E-state index contributed by atoms with van der Waals surface area (Å²) in [4.78, 5) is 19.8. The smallest absolute Gasteiger partial charge is 0.151 e. The van der Waals surface area contributed by atoms with Crippen LogP contribution in [0, 0.1) is 0 Å². The summed E-state index contributed by atoms with van der Waals surface area (Å²) < 4.78 is 0.419. The van der Waals surface area contributed by atoms with Crippen LogP contribution in [0.1, 0.15) is 0 Å². The number of aldehydes is 1. The molecule has 9 nitrogen and oxygen atoms in total. The van der Waals surface area contributed by atoms with Crippen molar-refractivity contribution >= 4 is 12.3 Å². The molecule has 4 atom stereocenters. The van der Waals surface area contributed by atoms with Gasteiger partial charge in [-0.05, 0) is 0 Å². The summed E-state index contributed by atoms with van der Waals surface area (Å²) in [5.41, 5.74) is 0. The third-order valence-corrected chi connectivity index (χ3v) is 2.02. The Morgan fingerprint density at radius 3 is 1.80 bits per heavy atom. The van der Waals surface area contributed by atoms with Gasteiger partial charge < -0.3 is 44.7 Å². The lowest BCUT2D eigenvalue weighted by molar-refractivity contribution is -0.864. The van der Waals surface area contributed by atoms with Gasteiger partial charge in [0, 0.05) is 0 Å². The minimum absolute atomic E-state index is 0.0258. The molecule has 0 saturated heterocycles. The second kappa shape index (κ2) is 9.75. The Balaban J connectivity index is 0. The van der Waals surface area contributed by atoms with E-state index in [1.54, 1.807) is 21.1 Å². The first kappa shape index (κ1) is 21.2. The van der Waals surface area contributed by atoms with Crippen LogP contribution in [0.25, 0.3) is 0 Å². The number of quaternary nitrogens is 1. The maximum atomic E-state index is 9.90. The average molecular weight is 297 g/mol. The monoisotopic (exact) mass is 297 g/mol. The van der Waals surface area contributed by atoms with Gasteiger partial charge in [0.15, 0.2) is 6.29 Å². The summed E-state index contributed by atoms with van der Waals surface area (Å²) in [6.45, 7) is -0.691. The number of carbonyl (C=O) groups excluding carboxylic acids is 2. The van der Waals surface area contributed by atoms with Crippen molar-refractivity contribution in [3.63, 3.8) is 0 Å². The molecule has 0 bridgehead atoms. The fourth-order valence-corrected chi connectivity index (χ4v) is 1.01.